The quantitative estimate of drug-likeness (QED) is 0.304. The Morgan fingerprint density at radius 2 is 1.68 bits per heavy atom. The Bertz CT molecular complexity index is 1330. The number of carbonyl (C=O) groups is 2. The summed E-state index contributed by atoms with van der Waals surface area (Å²) in [6.45, 7) is 4.03. The van der Waals surface area contributed by atoms with Gasteiger partial charge in [-0.25, -0.2) is 9.48 Å². The van der Waals surface area contributed by atoms with E-state index in [2.05, 4.69) is 29.6 Å². The Hall–Kier alpha value is -4.39. The molecule has 3 aromatic carbocycles. The van der Waals surface area contributed by atoms with Gasteiger partial charge in [-0.1, -0.05) is 60.2 Å². The van der Waals surface area contributed by atoms with E-state index < -0.39 is 12.0 Å². The van der Waals surface area contributed by atoms with Crippen molar-refractivity contribution in [2.45, 2.75) is 32.7 Å². The fourth-order valence-electron chi connectivity index (χ4n) is 4.03. The lowest BCUT2D eigenvalue weighted by Crippen LogP contribution is -2.35. The molecule has 190 valence electrons. The van der Waals surface area contributed by atoms with Crippen molar-refractivity contribution in [1.29, 1.82) is 0 Å². The maximum absolute atomic E-state index is 12.9. The third kappa shape index (κ3) is 6.44. The zero-order valence-electron chi connectivity index (χ0n) is 21.3. The summed E-state index contributed by atoms with van der Waals surface area (Å²) >= 11 is 0. The average Bonchev–Trinajstić information content (AvgIpc) is 3.36. The SMILES string of the molecule is CCOC(=O)C(NC(=O)CCc1cc(-c2ccc(C)cc2)n(-c2ccc(OC)cc2)n1)c1ccccc1. The molecule has 4 aromatic rings. The summed E-state index contributed by atoms with van der Waals surface area (Å²) in [5, 5.41) is 7.64. The number of nitrogens with zero attached hydrogens (tertiary/aromatic N) is 2. The molecule has 7 nitrogen and oxygen atoms in total. The summed E-state index contributed by atoms with van der Waals surface area (Å²) in [7, 11) is 1.63. The van der Waals surface area contributed by atoms with Gasteiger partial charge in [0.2, 0.25) is 5.91 Å². The molecule has 37 heavy (non-hydrogen) atoms. The smallest absolute Gasteiger partial charge is 0.333 e. The molecule has 0 fully saturated rings. The predicted octanol–water partition coefficient (Wildman–Crippen LogP) is 5.21. The third-order valence-corrected chi connectivity index (χ3v) is 5.99. The van der Waals surface area contributed by atoms with Gasteiger partial charge >= 0.3 is 5.97 Å². The van der Waals surface area contributed by atoms with E-state index in [-0.39, 0.29) is 18.9 Å². The van der Waals surface area contributed by atoms with E-state index in [0.29, 0.717) is 12.0 Å². The van der Waals surface area contributed by atoms with Gasteiger partial charge in [-0.2, -0.15) is 5.10 Å². The van der Waals surface area contributed by atoms with Crippen molar-refractivity contribution in [3.63, 3.8) is 0 Å². The van der Waals surface area contributed by atoms with E-state index in [1.807, 2.05) is 60.1 Å². The fourth-order valence-corrected chi connectivity index (χ4v) is 4.03. The Labute approximate surface area is 217 Å². The van der Waals surface area contributed by atoms with Crippen LogP contribution in [0.1, 0.15) is 36.2 Å². The highest BCUT2D eigenvalue weighted by Crippen LogP contribution is 2.26. The van der Waals surface area contributed by atoms with Crippen molar-refractivity contribution in [2.24, 2.45) is 0 Å². The Kier molecular flexibility index (Phi) is 8.36. The third-order valence-electron chi connectivity index (χ3n) is 5.99. The largest absolute Gasteiger partial charge is 0.497 e. The Morgan fingerprint density at radius 3 is 2.32 bits per heavy atom. The van der Waals surface area contributed by atoms with Crippen LogP contribution < -0.4 is 10.1 Å². The van der Waals surface area contributed by atoms with Crippen LogP contribution in [0.4, 0.5) is 0 Å². The van der Waals surface area contributed by atoms with E-state index in [4.69, 9.17) is 14.6 Å². The zero-order valence-corrected chi connectivity index (χ0v) is 21.3. The van der Waals surface area contributed by atoms with Gasteiger partial charge in [-0.15, -0.1) is 0 Å². The van der Waals surface area contributed by atoms with Crippen LogP contribution in [-0.2, 0) is 20.7 Å². The molecular weight excluding hydrogens is 466 g/mol. The van der Waals surface area contributed by atoms with E-state index in [0.717, 1.165) is 28.4 Å². The Balaban J connectivity index is 1.54. The van der Waals surface area contributed by atoms with Crippen LogP contribution in [0.15, 0.2) is 84.9 Å². The van der Waals surface area contributed by atoms with E-state index in [1.54, 1.807) is 26.2 Å². The number of aryl methyl sites for hydroxylation is 2. The number of hydrogen-bond acceptors (Lipinski definition) is 5. The van der Waals surface area contributed by atoms with Gasteiger partial charge in [0.1, 0.15) is 5.75 Å². The molecule has 1 unspecified atom stereocenters. The topological polar surface area (TPSA) is 82.5 Å². The highest BCUT2D eigenvalue weighted by Gasteiger charge is 2.24. The number of nitrogens with one attached hydrogen (secondary N) is 1. The van der Waals surface area contributed by atoms with Crippen molar-refractivity contribution in [3.8, 4) is 22.7 Å². The molecule has 1 N–H and O–H groups in total. The molecule has 1 amide bonds. The summed E-state index contributed by atoms with van der Waals surface area (Å²) in [6, 6.07) is 26.2. The van der Waals surface area contributed by atoms with Gasteiger partial charge in [0.15, 0.2) is 6.04 Å². The van der Waals surface area contributed by atoms with Crippen LogP contribution in [0.5, 0.6) is 5.75 Å². The molecule has 1 atom stereocenters. The Morgan fingerprint density at radius 1 is 0.973 bits per heavy atom. The van der Waals surface area contributed by atoms with E-state index in [9.17, 15) is 9.59 Å². The lowest BCUT2D eigenvalue weighted by Gasteiger charge is -2.17. The molecule has 4 rings (SSSR count). The molecular formula is C30H31N3O4. The standard InChI is InChI=1S/C30H31N3O4/c1-4-37-30(35)29(23-8-6-5-7-9-23)31-28(34)19-14-24-20-27(22-12-10-21(2)11-13-22)33(32-24)25-15-17-26(36-3)18-16-25/h5-13,15-18,20,29H,4,14,19H2,1-3H3,(H,31,34). The first-order valence-electron chi connectivity index (χ1n) is 12.3. The highest BCUT2D eigenvalue weighted by atomic mass is 16.5. The van der Waals surface area contributed by atoms with Crippen molar-refractivity contribution in [3.05, 3.63) is 102 Å². The molecule has 0 aliphatic rings. The number of methoxy groups -OCH3 is 1. The summed E-state index contributed by atoms with van der Waals surface area (Å²) in [5.74, 6) is 0.0320. The number of aromatic nitrogens is 2. The second-order valence-electron chi connectivity index (χ2n) is 8.66. The molecule has 0 saturated carbocycles. The van der Waals surface area contributed by atoms with E-state index >= 15 is 0 Å². The van der Waals surface area contributed by atoms with Gasteiger partial charge in [-0.3, -0.25) is 4.79 Å². The fraction of sp³-hybridized carbons (Fsp3) is 0.233. The highest BCUT2D eigenvalue weighted by molar-refractivity contribution is 5.85. The summed E-state index contributed by atoms with van der Waals surface area (Å²) in [4.78, 5) is 25.4. The number of amides is 1. The molecule has 0 spiro atoms. The zero-order chi connectivity index (χ0) is 26.2. The molecule has 0 bridgehead atoms. The second-order valence-corrected chi connectivity index (χ2v) is 8.66. The average molecular weight is 498 g/mol. The molecule has 0 aliphatic heterocycles. The van der Waals surface area contributed by atoms with E-state index in [1.165, 1.54) is 5.56 Å². The molecule has 0 aliphatic carbocycles. The number of hydrogen-bond donors (Lipinski definition) is 1. The molecule has 1 heterocycles. The van der Waals surface area contributed by atoms with Crippen molar-refractivity contribution in [2.75, 3.05) is 13.7 Å². The molecule has 0 radical (unpaired) electrons. The van der Waals surface area contributed by atoms with Gasteiger partial charge in [0, 0.05) is 18.4 Å². The molecule has 1 aromatic heterocycles. The number of esters is 1. The number of benzene rings is 3. The minimum absolute atomic E-state index is 0.176. The predicted molar refractivity (Wildman–Crippen MR) is 143 cm³/mol. The minimum Gasteiger partial charge on any atom is -0.497 e. The normalized spacial score (nSPS) is 11.5. The second kappa shape index (κ2) is 12.0. The number of carbonyl (C=O) groups excluding carboxylic acids is 2. The van der Waals surface area contributed by atoms with Crippen LogP contribution >= 0.6 is 0 Å². The van der Waals surface area contributed by atoms with Crippen molar-refractivity contribution < 1.29 is 19.1 Å². The first-order valence-corrected chi connectivity index (χ1v) is 12.3. The van der Waals surface area contributed by atoms with Gasteiger partial charge in [0.05, 0.1) is 30.8 Å². The van der Waals surface area contributed by atoms with Crippen molar-refractivity contribution in [1.82, 2.24) is 15.1 Å². The van der Waals surface area contributed by atoms with Gasteiger partial charge < -0.3 is 14.8 Å². The number of rotatable bonds is 10. The van der Waals surface area contributed by atoms with Crippen molar-refractivity contribution >= 4 is 11.9 Å². The lowest BCUT2D eigenvalue weighted by molar-refractivity contribution is -0.147. The van der Waals surface area contributed by atoms with Crippen LogP contribution in [0.3, 0.4) is 0 Å². The van der Waals surface area contributed by atoms with Gasteiger partial charge in [-0.05, 0) is 49.7 Å². The van der Waals surface area contributed by atoms with Crippen LogP contribution in [0.2, 0.25) is 0 Å². The molecule has 0 saturated heterocycles. The lowest BCUT2D eigenvalue weighted by atomic mass is 10.1. The van der Waals surface area contributed by atoms with Crippen LogP contribution in [0.25, 0.3) is 16.9 Å². The van der Waals surface area contributed by atoms with Gasteiger partial charge in [0.25, 0.3) is 0 Å². The first kappa shape index (κ1) is 25.7. The maximum atomic E-state index is 12.9. The molecule has 7 heteroatoms. The van der Waals surface area contributed by atoms with Crippen LogP contribution in [-0.4, -0.2) is 35.4 Å². The minimum atomic E-state index is -0.853. The van der Waals surface area contributed by atoms with Crippen LogP contribution in [0, 0.1) is 6.92 Å². The maximum Gasteiger partial charge on any atom is 0.333 e. The number of ether oxygens (including phenoxy) is 2. The summed E-state index contributed by atoms with van der Waals surface area (Å²) in [6.07, 6.45) is 0.591. The summed E-state index contributed by atoms with van der Waals surface area (Å²) < 4.78 is 12.4. The monoisotopic (exact) mass is 497 g/mol. The summed E-state index contributed by atoms with van der Waals surface area (Å²) in [5.41, 5.74) is 5.46. The first-order chi connectivity index (χ1) is 18.0.